The molecule has 0 unspecified atom stereocenters. The van der Waals surface area contributed by atoms with E-state index in [-0.39, 0.29) is 16.9 Å². The first-order chi connectivity index (χ1) is 10.6. The van der Waals surface area contributed by atoms with Gasteiger partial charge < -0.3 is 15.2 Å². The molecule has 3 rings (SSSR count). The van der Waals surface area contributed by atoms with E-state index < -0.39 is 0 Å². The number of hydrogen-bond donors (Lipinski definition) is 1. The lowest BCUT2D eigenvalue weighted by Gasteiger charge is -2.18. The second-order valence-corrected chi connectivity index (χ2v) is 5.81. The topological polar surface area (TPSA) is 68.3 Å². The number of benzene rings is 1. The molecule has 0 spiro atoms. The highest BCUT2D eigenvalue weighted by atomic mass is 16.2. The van der Waals surface area contributed by atoms with Crippen LogP contribution in [0.1, 0.15) is 36.5 Å². The largest absolute Gasteiger partial charge is 0.398 e. The Morgan fingerprint density at radius 1 is 1.27 bits per heavy atom. The van der Waals surface area contributed by atoms with Crippen LogP contribution in [0.3, 0.4) is 0 Å². The maximum Gasteiger partial charge on any atom is 0.259 e. The molecule has 116 valence electrons. The summed E-state index contributed by atoms with van der Waals surface area (Å²) in [7, 11) is 0. The lowest BCUT2D eigenvalue weighted by molar-refractivity contribution is 0.0791. The van der Waals surface area contributed by atoms with Gasteiger partial charge in [0.1, 0.15) is 5.56 Å². The number of aryl methyl sites for hydroxylation is 1. The van der Waals surface area contributed by atoms with Crippen molar-refractivity contribution in [3.8, 4) is 0 Å². The quantitative estimate of drug-likeness (QED) is 0.884. The SMILES string of the molecule is CCCn1cc(C(=O)N2CCCC2)c(=O)c2c(N)cccc21. The van der Waals surface area contributed by atoms with E-state index >= 15 is 0 Å². The number of likely N-dealkylation sites (tertiary alicyclic amines) is 1. The first kappa shape index (κ1) is 14.6. The van der Waals surface area contributed by atoms with Crippen molar-refractivity contribution in [2.45, 2.75) is 32.7 Å². The Kier molecular flexibility index (Phi) is 3.88. The zero-order valence-corrected chi connectivity index (χ0v) is 12.8. The summed E-state index contributed by atoms with van der Waals surface area (Å²) in [6.45, 7) is 4.28. The van der Waals surface area contributed by atoms with Crippen molar-refractivity contribution in [3.63, 3.8) is 0 Å². The van der Waals surface area contributed by atoms with Crippen LogP contribution in [0, 0.1) is 0 Å². The van der Waals surface area contributed by atoms with Crippen LogP contribution in [0.25, 0.3) is 10.9 Å². The Morgan fingerprint density at radius 2 is 2.00 bits per heavy atom. The van der Waals surface area contributed by atoms with E-state index in [1.807, 2.05) is 16.7 Å². The number of amides is 1. The molecule has 1 fully saturated rings. The van der Waals surface area contributed by atoms with Crippen molar-refractivity contribution in [1.29, 1.82) is 0 Å². The van der Waals surface area contributed by atoms with Gasteiger partial charge in [0, 0.05) is 31.5 Å². The smallest absolute Gasteiger partial charge is 0.259 e. The molecule has 0 saturated carbocycles. The third kappa shape index (κ3) is 2.36. The number of anilines is 1. The maximum absolute atomic E-state index is 12.8. The minimum atomic E-state index is -0.252. The summed E-state index contributed by atoms with van der Waals surface area (Å²) >= 11 is 0. The van der Waals surface area contributed by atoms with Crippen LogP contribution < -0.4 is 11.2 Å². The lowest BCUT2D eigenvalue weighted by Crippen LogP contribution is -2.32. The molecule has 1 aliphatic rings. The predicted molar refractivity (Wildman–Crippen MR) is 88.0 cm³/mol. The number of nitrogen functional groups attached to an aromatic ring is 1. The minimum absolute atomic E-state index is 0.169. The van der Waals surface area contributed by atoms with Crippen LogP contribution in [-0.2, 0) is 6.54 Å². The molecule has 5 heteroatoms. The van der Waals surface area contributed by atoms with E-state index in [1.165, 1.54) is 0 Å². The minimum Gasteiger partial charge on any atom is -0.398 e. The number of carbonyl (C=O) groups excluding carboxylic acids is 1. The average molecular weight is 299 g/mol. The highest BCUT2D eigenvalue weighted by molar-refractivity contribution is 6.00. The molecule has 0 aliphatic carbocycles. The van der Waals surface area contributed by atoms with E-state index in [0.717, 1.165) is 44.4 Å². The molecule has 22 heavy (non-hydrogen) atoms. The number of rotatable bonds is 3. The van der Waals surface area contributed by atoms with Gasteiger partial charge in [-0.25, -0.2) is 0 Å². The predicted octanol–water partition coefficient (Wildman–Crippen LogP) is 2.23. The van der Waals surface area contributed by atoms with Crippen molar-refractivity contribution in [3.05, 3.63) is 40.2 Å². The van der Waals surface area contributed by atoms with Crippen LogP contribution in [0.2, 0.25) is 0 Å². The summed E-state index contributed by atoms with van der Waals surface area (Å²) in [6.07, 6.45) is 4.63. The summed E-state index contributed by atoms with van der Waals surface area (Å²) < 4.78 is 1.97. The number of hydrogen-bond acceptors (Lipinski definition) is 3. The van der Waals surface area contributed by atoms with Crippen molar-refractivity contribution in [2.24, 2.45) is 0 Å². The first-order valence-corrected chi connectivity index (χ1v) is 7.84. The third-order valence-corrected chi connectivity index (χ3v) is 4.23. The molecule has 2 heterocycles. The van der Waals surface area contributed by atoms with E-state index in [0.29, 0.717) is 11.1 Å². The van der Waals surface area contributed by atoms with Gasteiger partial charge in [-0.1, -0.05) is 13.0 Å². The van der Waals surface area contributed by atoms with E-state index in [2.05, 4.69) is 6.92 Å². The second kappa shape index (κ2) is 5.83. The van der Waals surface area contributed by atoms with Gasteiger partial charge in [-0.05, 0) is 31.4 Å². The highest BCUT2D eigenvalue weighted by Crippen LogP contribution is 2.20. The Bertz CT molecular complexity index is 773. The molecule has 1 aliphatic heterocycles. The summed E-state index contributed by atoms with van der Waals surface area (Å²) in [5.74, 6) is -0.169. The zero-order chi connectivity index (χ0) is 15.7. The van der Waals surface area contributed by atoms with E-state index in [1.54, 1.807) is 17.2 Å². The van der Waals surface area contributed by atoms with Crippen LogP contribution in [-0.4, -0.2) is 28.5 Å². The van der Waals surface area contributed by atoms with E-state index in [9.17, 15) is 9.59 Å². The fourth-order valence-electron chi connectivity index (χ4n) is 3.13. The van der Waals surface area contributed by atoms with Gasteiger partial charge in [0.05, 0.1) is 10.9 Å². The van der Waals surface area contributed by atoms with Gasteiger partial charge in [-0.15, -0.1) is 0 Å². The fourth-order valence-corrected chi connectivity index (χ4v) is 3.13. The zero-order valence-electron chi connectivity index (χ0n) is 12.8. The molecule has 0 radical (unpaired) electrons. The van der Waals surface area contributed by atoms with Crippen LogP contribution in [0.5, 0.6) is 0 Å². The molecule has 0 bridgehead atoms. The number of fused-ring (bicyclic) bond motifs is 1. The lowest BCUT2D eigenvalue weighted by atomic mass is 10.1. The standard InChI is InChI=1S/C17H21N3O2/c1-2-8-20-11-12(17(22)19-9-3-4-10-19)16(21)15-13(18)6-5-7-14(15)20/h5-7,11H,2-4,8-10,18H2,1H3. The highest BCUT2D eigenvalue weighted by Gasteiger charge is 2.24. The molecule has 1 aromatic carbocycles. The van der Waals surface area contributed by atoms with Gasteiger partial charge in [-0.3, -0.25) is 9.59 Å². The van der Waals surface area contributed by atoms with Crippen molar-refractivity contribution >= 4 is 22.5 Å². The molecule has 0 atom stereocenters. The molecule has 2 N–H and O–H groups in total. The number of carbonyl (C=O) groups is 1. The van der Waals surface area contributed by atoms with Gasteiger partial charge in [-0.2, -0.15) is 0 Å². The number of pyridine rings is 1. The Hall–Kier alpha value is -2.30. The van der Waals surface area contributed by atoms with Gasteiger partial charge in [0.25, 0.3) is 5.91 Å². The molecular weight excluding hydrogens is 278 g/mol. The van der Waals surface area contributed by atoms with Crippen molar-refractivity contribution < 1.29 is 4.79 Å². The Balaban J connectivity index is 2.22. The monoisotopic (exact) mass is 299 g/mol. The van der Waals surface area contributed by atoms with Gasteiger partial charge in [0.2, 0.25) is 5.43 Å². The van der Waals surface area contributed by atoms with Gasteiger partial charge in [0.15, 0.2) is 0 Å². The van der Waals surface area contributed by atoms with Crippen LogP contribution in [0.15, 0.2) is 29.2 Å². The molecule has 1 saturated heterocycles. The maximum atomic E-state index is 12.8. The van der Waals surface area contributed by atoms with Crippen molar-refractivity contribution in [1.82, 2.24) is 9.47 Å². The molecular formula is C17H21N3O2. The molecule has 1 amide bonds. The molecule has 2 aromatic rings. The first-order valence-electron chi connectivity index (χ1n) is 7.84. The number of aromatic nitrogens is 1. The van der Waals surface area contributed by atoms with Gasteiger partial charge >= 0.3 is 0 Å². The summed E-state index contributed by atoms with van der Waals surface area (Å²) in [5.41, 5.74) is 7.22. The van der Waals surface area contributed by atoms with E-state index in [4.69, 9.17) is 5.73 Å². The summed E-state index contributed by atoms with van der Waals surface area (Å²) in [5, 5.41) is 0.459. The molecule has 1 aromatic heterocycles. The Labute approximate surface area is 129 Å². The summed E-state index contributed by atoms with van der Waals surface area (Å²) in [4.78, 5) is 27.2. The summed E-state index contributed by atoms with van der Waals surface area (Å²) in [6, 6.07) is 5.43. The fraction of sp³-hybridized carbons (Fsp3) is 0.412. The molecule has 5 nitrogen and oxygen atoms in total. The van der Waals surface area contributed by atoms with Crippen molar-refractivity contribution in [2.75, 3.05) is 18.8 Å². The van der Waals surface area contributed by atoms with Crippen LogP contribution in [0.4, 0.5) is 5.69 Å². The third-order valence-electron chi connectivity index (χ3n) is 4.23. The normalized spacial score (nSPS) is 14.7. The number of nitrogens with zero attached hydrogens (tertiary/aromatic N) is 2. The second-order valence-electron chi connectivity index (χ2n) is 5.81. The van der Waals surface area contributed by atoms with Crippen LogP contribution >= 0.6 is 0 Å². The number of nitrogens with two attached hydrogens (primary N) is 1. The Morgan fingerprint density at radius 3 is 2.68 bits per heavy atom. The average Bonchev–Trinajstić information content (AvgIpc) is 3.04.